The van der Waals surface area contributed by atoms with Crippen molar-refractivity contribution in [3.63, 3.8) is 0 Å². The zero-order valence-corrected chi connectivity index (χ0v) is 10.9. The zero-order chi connectivity index (χ0) is 12.8. The maximum absolute atomic E-state index is 12.2. The van der Waals surface area contributed by atoms with Crippen LogP contribution in [0.5, 0.6) is 0 Å². The van der Waals surface area contributed by atoms with E-state index in [1.165, 1.54) is 0 Å². The second-order valence-corrected chi connectivity index (χ2v) is 5.92. The summed E-state index contributed by atoms with van der Waals surface area (Å²) >= 11 is 0. The molecule has 3 atom stereocenters. The number of allylic oxidation sites excluding steroid dienone is 3. The van der Waals surface area contributed by atoms with Crippen LogP contribution in [0.15, 0.2) is 23.8 Å². The first-order valence-electron chi connectivity index (χ1n) is 6.28. The van der Waals surface area contributed by atoms with E-state index < -0.39 is 0 Å². The highest BCUT2D eigenvalue weighted by molar-refractivity contribution is 6.06. The van der Waals surface area contributed by atoms with E-state index >= 15 is 0 Å². The van der Waals surface area contributed by atoms with Crippen LogP contribution in [0.3, 0.4) is 0 Å². The van der Waals surface area contributed by atoms with Crippen LogP contribution < -0.4 is 0 Å². The van der Waals surface area contributed by atoms with E-state index in [2.05, 4.69) is 20.4 Å². The molecule has 0 radical (unpaired) electrons. The Labute approximate surface area is 103 Å². The summed E-state index contributed by atoms with van der Waals surface area (Å²) in [6, 6.07) is 0. The summed E-state index contributed by atoms with van der Waals surface area (Å²) < 4.78 is 0. The van der Waals surface area contributed by atoms with Crippen molar-refractivity contribution in [3.8, 4) is 0 Å². The third-order valence-corrected chi connectivity index (χ3v) is 4.62. The standard InChI is InChI=1S/C15H20O2/c1-9(2)11-6-14(17)13-7-12(16)5-10(3)15(13,4)8-11/h7,10-11H,1,5-6,8H2,2-4H3/t10-,11-,15+/m1/s1. The predicted molar refractivity (Wildman–Crippen MR) is 67.5 cm³/mol. The molecule has 0 aliphatic heterocycles. The number of hydrogen-bond acceptors (Lipinski definition) is 2. The molecule has 0 aromatic carbocycles. The molecular formula is C15H20O2. The van der Waals surface area contributed by atoms with E-state index in [0.29, 0.717) is 12.8 Å². The molecule has 0 amide bonds. The largest absolute Gasteiger partial charge is 0.295 e. The molecule has 0 spiro atoms. The molecule has 0 unspecified atom stereocenters. The molecule has 2 aliphatic rings. The third kappa shape index (κ3) is 1.90. The van der Waals surface area contributed by atoms with Gasteiger partial charge in [0, 0.05) is 18.4 Å². The van der Waals surface area contributed by atoms with Gasteiger partial charge in [-0.2, -0.15) is 0 Å². The molecule has 17 heavy (non-hydrogen) atoms. The van der Waals surface area contributed by atoms with Gasteiger partial charge in [-0.05, 0) is 36.7 Å². The first-order valence-corrected chi connectivity index (χ1v) is 6.28. The van der Waals surface area contributed by atoms with Crippen molar-refractivity contribution in [1.82, 2.24) is 0 Å². The van der Waals surface area contributed by atoms with E-state index in [4.69, 9.17) is 0 Å². The van der Waals surface area contributed by atoms with Crippen molar-refractivity contribution >= 4 is 11.6 Å². The second-order valence-electron chi connectivity index (χ2n) is 5.92. The quantitative estimate of drug-likeness (QED) is 0.651. The minimum absolute atomic E-state index is 0.104. The van der Waals surface area contributed by atoms with Crippen molar-refractivity contribution in [2.45, 2.75) is 40.0 Å². The number of carbonyl (C=O) groups is 2. The SMILES string of the molecule is C=C(C)[C@@H]1CC(=O)C2=CC(=O)C[C@@H](C)[C@]2(C)C1. The van der Waals surface area contributed by atoms with Gasteiger partial charge >= 0.3 is 0 Å². The zero-order valence-electron chi connectivity index (χ0n) is 10.9. The fourth-order valence-electron chi connectivity index (χ4n) is 3.15. The Bertz CT molecular complexity index is 430. The lowest BCUT2D eigenvalue weighted by molar-refractivity contribution is -0.124. The van der Waals surface area contributed by atoms with Gasteiger partial charge in [-0.3, -0.25) is 9.59 Å². The third-order valence-electron chi connectivity index (χ3n) is 4.62. The number of carbonyl (C=O) groups excluding carboxylic acids is 2. The molecular weight excluding hydrogens is 212 g/mol. The van der Waals surface area contributed by atoms with E-state index in [1.807, 2.05) is 6.92 Å². The number of fused-ring (bicyclic) bond motifs is 1. The molecule has 0 aromatic rings. The van der Waals surface area contributed by atoms with Gasteiger partial charge in [-0.1, -0.05) is 26.0 Å². The fraction of sp³-hybridized carbons (Fsp3) is 0.600. The minimum atomic E-state index is -0.132. The fourth-order valence-corrected chi connectivity index (χ4v) is 3.15. The van der Waals surface area contributed by atoms with Gasteiger partial charge in [-0.25, -0.2) is 0 Å². The smallest absolute Gasteiger partial charge is 0.160 e. The molecule has 0 aromatic heterocycles. The van der Waals surface area contributed by atoms with Gasteiger partial charge in [0.05, 0.1) is 0 Å². The van der Waals surface area contributed by atoms with Crippen molar-refractivity contribution in [3.05, 3.63) is 23.8 Å². The monoisotopic (exact) mass is 232 g/mol. The molecule has 2 aliphatic carbocycles. The molecule has 2 heteroatoms. The van der Waals surface area contributed by atoms with E-state index in [-0.39, 0.29) is 28.8 Å². The average Bonchev–Trinajstić information content (AvgIpc) is 2.21. The maximum atomic E-state index is 12.2. The molecule has 0 saturated heterocycles. The van der Waals surface area contributed by atoms with Crippen LogP contribution in [0.2, 0.25) is 0 Å². The van der Waals surface area contributed by atoms with Crippen LogP contribution in [0, 0.1) is 17.3 Å². The lowest BCUT2D eigenvalue weighted by atomic mass is 9.57. The van der Waals surface area contributed by atoms with Crippen LogP contribution in [-0.2, 0) is 9.59 Å². The predicted octanol–water partition coefficient (Wildman–Crippen LogP) is 3.08. The van der Waals surface area contributed by atoms with Crippen LogP contribution in [0.4, 0.5) is 0 Å². The number of ketones is 2. The highest BCUT2D eigenvalue weighted by Crippen LogP contribution is 2.51. The lowest BCUT2D eigenvalue weighted by Gasteiger charge is -2.45. The topological polar surface area (TPSA) is 34.1 Å². The molecule has 1 saturated carbocycles. The Morgan fingerprint density at radius 1 is 1.41 bits per heavy atom. The first-order chi connectivity index (χ1) is 7.84. The Balaban J connectivity index is 2.42. The van der Waals surface area contributed by atoms with Gasteiger partial charge in [0.1, 0.15) is 0 Å². The summed E-state index contributed by atoms with van der Waals surface area (Å²) in [5.74, 6) is 0.778. The highest BCUT2D eigenvalue weighted by Gasteiger charge is 2.47. The van der Waals surface area contributed by atoms with E-state index in [1.54, 1.807) is 6.08 Å². The van der Waals surface area contributed by atoms with Gasteiger partial charge in [0.2, 0.25) is 0 Å². The number of hydrogen-bond donors (Lipinski definition) is 0. The number of rotatable bonds is 1. The Morgan fingerprint density at radius 3 is 2.65 bits per heavy atom. The summed E-state index contributed by atoms with van der Waals surface area (Å²) in [6.45, 7) is 10.2. The van der Waals surface area contributed by atoms with Gasteiger partial charge < -0.3 is 0 Å². The number of Topliss-reactive ketones (excluding diaryl/α,β-unsaturated/α-hetero) is 1. The van der Waals surface area contributed by atoms with Crippen molar-refractivity contribution < 1.29 is 9.59 Å². The molecule has 1 fully saturated rings. The van der Waals surface area contributed by atoms with Gasteiger partial charge in [0.25, 0.3) is 0 Å². The highest BCUT2D eigenvalue weighted by atomic mass is 16.1. The normalized spacial score (nSPS) is 37.5. The molecule has 92 valence electrons. The summed E-state index contributed by atoms with van der Waals surface area (Å²) in [7, 11) is 0. The summed E-state index contributed by atoms with van der Waals surface area (Å²) in [6.07, 6.45) is 3.64. The Kier molecular flexibility index (Phi) is 2.84. The summed E-state index contributed by atoms with van der Waals surface area (Å²) in [5.41, 5.74) is 1.72. The lowest BCUT2D eigenvalue weighted by Crippen LogP contribution is -2.42. The summed E-state index contributed by atoms with van der Waals surface area (Å²) in [4.78, 5) is 23.8. The van der Waals surface area contributed by atoms with Crippen LogP contribution >= 0.6 is 0 Å². The van der Waals surface area contributed by atoms with Crippen molar-refractivity contribution in [1.29, 1.82) is 0 Å². The molecule has 2 rings (SSSR count). The van der Waals surface area contributed by atoms with Crippen LogP contribution in [0.25, 0.3) is 0 Å². The average molecular weight is 232 g/mol. The second kappa shape index (κ2) is 3.94. The summed E-state index contributed by atoms with van der Waals surface area (Å²) in [5, 5.41) is 0. The van der Waals surface area contributed by atoms with E-state index in [0.717, 1.165) is 17.6 Å². The maximum Gasteiger partial charge on any atom is 0.160 e. The minimum Gasteiger partial charge on any atom is -0.295 e. The van der Waals surface area contributed by atoms with Gasteiger partial charge in [0.15, 0.2) is 11.6 Å². The van der Waals surface area contributed by atoms with E-state index in [9.17, 15) is 9.59 Å². The Hall–Kier alpha value is -1.18. The Morgan fingerprint density at radius 2 is 2.06 bits per heavy atom. The van der Waals surface area contributed by atoms with Crippen molar-refractivity contribution in [2.24, 2.45) is 17.3 Å². The molecule has 2 nitrogen and oxygen atoms in total. The first kappa shape index (κ1) is 12.3. The molecule has 0 N–H and O–H groups in total. The van der Waals surface area contributed by atoms with Crippen molar-refractivity contribution in [2.75, 3.05) is 0 Å². The van der Waals surface area contributed by atoms with Gasteiger partial charge in [-0.15, -0.1) is 0 Å². The van der Waals surface area contributed by atoms with Crippen LogP contribution in [0.1, 0.15) is 40.0 Å². The molecule has 0 bridgehead atoms. The van der Waals surface area contributed by atoms with Crippen LogP contribution in [-0.4, -0.2) is 11.6 Å². The molecule has 0 heterocycles.